The van der Waals surface area contributed by atoms with Gasteiger partial charge in [-0.25, -0.2) is 5.43 Å². The summed E-state index contributed by atoms with van der Waals surface area (Å²) in [5, 5.41) is 5.41. The second kappa shape index (κ2) is 9.81. The van der Waals surface area contributed by atoms with Gasteiger partial charge in [-0.05, 0) is 84.4 Å². The zero-order valence-electron chi connectivity index (χ0n) is 17.3. The van der Waals surface area contributed by atoms with E-state index in [0.717, 1.165) is 26.4 Å². The number of halogens is 2. The van der Waals surface area contributed by atoms with Crippen molar-refractivity contribution in [2.75, 3.05) is 0 Å². The molecule has 1 N–H and O–H groups in total. The predicted octanol–water partition coefficient (Wildman–Crippen LogP) is 7.02. The third kappa shape index (κ3) is 5.18. The standard InChI is InChI=1S/C24H19BrClN3O2S/c1-15-6-7-16(2)29(15)19-5-3-4-17(12-19)23(30)28-27-14-20-13-22(25)24(31-20)32-21-10-8-18(26)9-11-21/h3-14H,1-2H3,(H,28,30)/b27-14-. The number of hydrazone groups is 1. The van der Waals surface area contributed by atoms with Crippen molar-refractivity contribution < 1.29 is 9.21 Å². The third-order valence-electron chi connectivity index (χ3n) is 4.69. The van der Waals surface area contributed by atoms with Gasteiger partial charge in [0.25, 0.3) is 5.91 Å². The number of amides is 1. The number of benzene rings is 2. The second-order valence-electron chi connectivity index (χ2n) is 7.04. The van der Waals surface area contributed by atoms with Crippen LogP contribution in [0.15, 0.2) is 90.7 Å². The molecule has 5 nitrogen and oxygen atoms in total. The molecule has 0 saturated heterocycles. The number of nitrogens with one attached hydrogen (secondary N) is 1. The third-order valence-corrected chi connectivity index (χ3v) is 6.79. The van der Waals surface area contributed by atoms with E-state index in [9.17, 15) is 4.79 Å². The summed E-state index contributed by atoms with van der Waals surface area (Å²) in [6.07, 6.45) is 1.47. The number of aromatic nitrogens is 1. The predicted molar refractivity (Wildman–Crippen MR) is 132 cm³/mol. The van der Waals surface area contributed by atoms with E-state index in [2.05, 4.69) is 31.0 Å². The quantitative estimate of drug-likeness (QED) is 0.216. The van der Waals surface area contributed by atoms with Crippen LogP contribution in [-0.4, -0.2) is 16.7 Å². The molecule has 0 spiro atoms. The fourth-order valence-corrected chi connectivity index (χ4v) is 4.65. The highest BCUT2D eigenvalue weighted by atomic mass is 79.9. The van der Waals surface area contributed by atoms with E-state index in [1.807, 2.05) is 68.4 Å². The molecule has 4 aromatic rings. The Bertz CT molecular complexity index is 1280. The van der Waals surface area contributed by atoms with Crippen LogP contribution in [0.5, 0.6) is 0 Å². The van der Waals surface area contributed by atoms with Crippen molar-refractivity contribution in [2.24, 2.45) is 5.10 Å². The Morgan fingerprint density at radius 1 is 1.09 bits per heavy atom. The molecule has 0 atom stereocenters. The lowest BCUT2D eigenvalue weighted by Crippen LogP contribution is -2.17. The molecular weight excluding hydrogens is 510 g/mol. The van der Waals surface area contributed by atoms with E-state index in [1.165, 1.54) is 18.0 Å². The maximum absolute atomic E-state index is 12.6. The van der Waals surface area contributed by atoms with Crippen LogP contribution >= 0.6 is 39.3 Å². The highest BCUT2D eigenvalue weighted by Crippen LogP contribution is 2.35. The minimum Gasteiger partial charge on any atom is -0.447 e. The summed E-state index contributed by atoms with van der Waals surface area (Å²) in [4.78, 5) is 13.6. The Kier molecular flexibility index (Phi) is 6.89. The van der Waals surface area contributed by atoms with Gasteiger partial charge in [0, 0.05) is 38.6 Å². The number of rotatable bonds is 6. The number of carbonyl (C=O) groups is 1. The highest BCUT2D eigenvalue weighted by Gasteiger charge is 2.11. The average Bonchev–Trinajstić information content (AvgIpc) is 3.30. The summed E-state index contributed by atoms with van der Waals surface area (Å²) in [6, 6.07) is 20.8. The lowest BCUT2D eigenvalue weighted by molar-refractivity contribution is 0.0955. The van der Waals surface area contributed by atoms with Crippen molar-refractivity contribution in [3.63, 3.8) is 0 Å². The highest BCUT2D eigenvalue weighted by molar-refractivity contribution is 9.10. The molecule has 0 aliphatic heterocycles. The molecule has 8 heteroatoms. The molecule has 2 aromatic heterocycles. The van der Waals surface area contributed by atoms with Gasteiger partial charge in [-0.1, -0.05) is 29.4 Å². The smallest absolute Gasteiger partial charge is 0.271 e. The van der Waals surface area contributed by atoms with Gasteiger partial charge in [0.15, 0.2) is 5.09 Å². The molecule has 32 heavy (non-hydrogen) atoms. The zero-order valence-corrected chi connectivity index (χ0v) is 20.5. The van der Waals surface area contributed by atoms with Crippen molar-refractivity contribution >= 4 is 51.4 Å². The Balaban J connectivity index is 1.43. The lowest BCUT2D eigenvalue weighted by Gasteiger charge is -2.10. The number of hydrogen-bond donors (Lipinski definition) is 1. The van der Waals surface area contributed by atoms with Crippen molar-refractivity contribution in [3.8, 4) is 5.69 Å². The molecule has 1 amide bonds. The van der Waals surface area contributed by atoms with Crippen LogP contribution in [0.3, 0.4) is 0 Å². The molecular formula is C24H19BrClN3O2S. The number of nitrogens with zero attached hydrogens (tertiary/aromatic N) is 2. The van der Waals surface area contributed by atoms with Gasteiger partial charge in [0.2, 0.25) is 0 Å². The SMILES string of the molecule is Cc1ccc(C)n1-c1cccc(C(=O)N/N=C\c2cc(Br)c(Sc3ccc(Cl)cc3)o2)c1. The van der Waals surface area contributed by atoms with Crippen LogP contribution in [0, 0.1) is 13.8 Å². The average molecular weight is 529 g/mol. The summed E-state index contributed by atoms with van der Waals surface area (Å²) in [7, 11) is 0. The summed E-state index contributed by atoms with van der Waals surface area (Å²) in [6.45, 7) is 4.07. The van der Waals surface area contributed by atoms with Gasteiger partial charge in [-0.3, -0.25) is 4.79 Å². The maximum atomic E-state index is 12.6. The molecule has 0 aliphatic carbocycles. The largest absolute Gasteiger partial charge is 0.447 e. The topological polar surface area (TPSA) is 59.5 Å². The van der Waals surface area contributed by atoms with Crippen molar-refractivity contribution in [3.05, 3.63) is 98.9 Å². The summed E-state index contributed by atoms with van der Waals surface area (Å²) < 4.78 is 8.71. The number of furan rings is 1. The van der Waals surface area contributed by atoms with Gasteiger partial charge < -0.3 is 8.98 Å². The Morgan fingerprint density at radius 2 is 1.81 bits per heavy atom. The van der Waals surface area contributed by atoms with E-state index in [0.29, 0.717) is 21.4 Å². The van der Waals surface area contributed by atoms with Crippen LogP contribution in [0.25, 0.3) is 5.69 Å². The van der Waals surface area contributed by atoms with Crippen molar-refractivity contribution in [1.82, 2.24) is 9.99 Å². The van der Waals surface area contributed by atoms with Gasteiger partial charge >= 0.3 is 0 Å². The van der Waals surface area contributed by atoms with E-state index in [4.69, 9.17) is 16.0 Å². The first kappa shape index (κ1) is 22.5. The Hall–Kier alpha value is -2.74. The zero-order chi connectivity index (χ0) is 22.7. The molecule has 0 fully saturated rings. The molecule has 0 saturated carbocycles. The van der Waals surface area contributed by atoms with Gasteiger partial charge in [-0.2, -0.15) is 5.10 Å². The molecule has 2 aromatic carbocycles. The summed E-state index contributed by atoms with van der Waals surface area (Å²) in [5.41, 5.74) is 6.22. The van der Waals surface area contributed by atoms with Gasteiger partial charge in [-0.15, -0.1) is 0 Å². The van der Waals surface area contributed by atoms with E-state index in [1.54, 1.807) is 12.1 Å². The van der Waals surface area contributed by atoms with E-state index >= 15 is 0 Å². The maximum Gasteiger partial charge on any atom is 0.271 e. The number of hydrogen-bond acceptors (Lipinski definition) is 4. The fraction of sp³-hybridized carbons (Fsp3) is 0.0833. The molecule has 0 aliphatic rings. The Morgan fingerprint density at radius 3 is 2.53 bits per heavy atom. The van der Waals surface area contributed by atoms with E-state index < -0.39 is 0 Å². The van der Waals surface area contributed by atoms with Crippen LogP contribution in [0.1, 0.15) is 27.5 Å². The van der Waals surface area contributed by atoms with Gasteiger partial charge in [0.1, 0.15) is 5.76 Å². The summed E-state index contributed by atoms with van der Waals surface area (Å²) >= 11 is 10.9. The molecule has 162 valence electrons. The first-order valence-electron chi connectivity index (χ1n) is 9.72. The minimum absolute atomic E-state index is 0.299. The molecule has 4 rings (SSSR count). The molecule has 0 radical (unpaired) electrons. The fourth-order valence-electron chi connectivity index (χ4n) is 3.19. The van der Waals surface area contributed by atoms with Gasteiger partial charge in [0.05, 0.1) is 10.7 Å². The van der Waals surface area contributed by atoms with Crippen LogP contribution in [0.4, 0.5) is 0 Å². The van der Waals surface area contributed by atoms with Crippen LogP contribution < -0.4 is 5.43 Å². The first-order valence-corrected chi connectivity index (χ1v) is 11.7. The number of aryl methyl sites for hydroxylation is 2. The van der Waals surface area contributed by atoms with Crippen molar-refractivity contribution in [1.29, 1.82) is 0 Å². The monoisotopic (exact) mass is 527 g/mol. The van der Waals surface area contributed by atoms with Crippen molar-refractivity contribution in [2.45, 2.75) is 23.8 Å². The van der Waals surface area contributed by atoms with Crippen LogP contribution in [-0.2, 0) is 0 Å². The molecule has 0 bridgehead atoms. The lowest BCUT2D eigenvalue weighted by atomic mass is 10.2. The van der Waals surface area contributed by atoms with E-state index in [-0.39, 0.29) is 5.91 Å². The van der Waals surface area contributed by atoms with Crippen LogP contribution in [0.2, 0.25) is 5.02 Å². The minimum atomic E-state index is -0.299. The number of carbonyl (C=O) groups excluding carboxylic acids is 1. The normalized spacial score (nSPS) is 11.2. The second-order valence-corrected chi connectivity index (χ2v) is 9.38. The summed E-state index contributed by atoms with van der Waals surface area (Å²) in [5.74, 6) is 0.216. The first-order chi connectivity index (χ1) is 15.4. The molecule has 2 heterocycles. The molecule has 0 unspecified atom stereocenters. The Labute approximate surface area is 203 Å².